The van der Waals surface area contributed by atoms with Gasteiger partial charge in [-0.1, -0.05) is 44.2 Å². The third-order valence-corrected chi connectivity index (χ3v) is 4.20. The molecule has 27 heavy (non-hydrogen) atoms. The molecule has 0 aromatic heterocycles. The van der Waals surface area contributed by atoms with Crippen LogP contribution in [0.15, 0.2) is 30.3 Å². The number of carbonyl (C=O) groups excluding carboxylic acids is 2. The minimum atomic E-state index is -1.48. The Bertz CT molecular complexity index is 584. The van der Waals surface area contributed by atoms with Crippen LogP contribution in [0.2, 0.25) is 0 Å². The number of carbonyl (C=O) groups is 2. The van der Waals surface area contributed by atoms with Gasteiger partial charge in [0.1, 0.15) is 0 Å². The van der Waals surface area contributed by atoms with Gasteiger partial charge in [-0.15, -0.1) is 0 Å². The summed E-state index contributed by atoms with van der Waals surface area (Å²) in [5.41, 5.74) is -0.798. The van der Waals surface area contributed by atoms with Crippen LogP contribution >= 0.6 is 0 Å². The lowest BCUT2D eigenvalue weighted by molar-refractivity contribution is -0.118. The van der Waals surface area contributed by atoms with Crippen molar-refractivity contribution in [2.24, 2.45) is 5.92 Å². The number of aryl methyl sites for hydroxylation is 1. The Hall–Kier alpha value is -2.08. The van der Waals surface area contributed by atoms with E-state index in [4.69, 9.17) is 0 Å². The lowest BCUT2D eigenvalue weighted by atomic mass is 10.0. The lowest BCUT2D eigenvalue weighted by Crippen LogP contribution is -2.58. The standard InChI is InChI=1S/C21H35N3O3/c1-17(2)12-14-24(19(26)23-20(3,4)5)15-21(27,22-16-25)13-11-18-9-7-6-8-10-18/h6-10,16-17,27H,11-15H2,1-5H3,(H,22,25)(H,23,26). The monoisotopic (exact) mass is 377 g/mol. The van der Waals surface area contributed by atoms with Gasteiger partial charge in [-0.3, -0.25) is 4.79 Å². The van der Waals surface area contributed by atoms with E-state index in [1.54, 1.807) is 4.90 Å². The summed E-state index contributed by atoms with van der Waals surface area (Å²) >= 11 is 0. The summed E-state index contributed by atoms with van der Waals surface area (Å²) < 4.78 is 0. The Kier molecular flexibility index (Phi) is 8.76. The highest BCUT2D eigenvalue weighted by molar-refractivity contribution is 5.75. The summed E-state index contributed by atoms with van der Waals surface area (Å²) in [6, 6.07) is 9.52. The Morgan fingerprint density at radius 2 is 1.85 bits per heavy atom. The minimum Gasteiger partial charge on any atom is -0.369 e. The fraction of sp³-hybridized carbons (Fsp3) is 0.619. The van der Waals surface area contributed by atoms with E-state index in [0.717, 1.165) is 12.0 Å². The van der Waals surface area contributed by atoms with Gasteiger partial charge >= 0.3 is 6.03 Å². The van der Waals surface area contributed by atoms with Gasteiger partial charge in [0.15, 0.2) is 5.72 Å². The molecule has 1 aromatic rings. The van der Waals surface area contributed by atoms with Crippen LogP contribution in [-0.4, -0.2) is 46.8 Å². The van der Waals surface area contributed by atoms with Crippen LogP contribution in [0.4, 0.5) is 4.79 Å². The maximum atomic E-state index is 12.7. The van der Waals surface area contributed by atoms with Crippen molar-refractivity contribution < 1.29 is 14.7 Å². The number of hydrogen-bond donors (Lipinski definition) is 3. The first-order chi connectivity index (χ1) is 12.5. The number of benzene rings is 1. The number of urea groups is 1. The summed E-state index contributed by atoms with van der Waals surface area (Å²) in [5.74, 6) is 0.423. The van der Waals surface area contributed by atoms with Gasteiger partial charge in [-0.2, -0.15) is 0 Å². The third-order valence-electron chi connectivity index (χ3n) is 4.20. The van der Waals surface area contributed by atoms with E-state index in [1.807, 2.05) is 51.1 Å². The van der Waals surface area contributed by atoms with Gasteiger partial charge in [0.2, 0.25) is 6.41 Å². The van der Waals surface area contributed by atoms with Gasteiger partial charge in [0.05, 0.1) is 6.54 Å². The number of amides is 3. The van der Waals surface area contributed by atoms with Crippen LogP contribution in [0, 0.1) is 5.92 Å². The molecule has 152 valence electrons. The van der Waals surface area contributed by atoms with Crippen molar-refractivity contribution in [3.05, 3.63) is 35.9 Å². The molecule has 6 heteroatoms. The molecule has 0 aliphatic rings. The molecule has 0 spiro atoms. The van der Waals surface area contributed by atoms with E-state index < -0.39 is 5.72 Å². The molecule has 1 atom stereocenters. The van der Waals surface area contributed by atoms with Crippen LogP contribution in [-0.2, 0) is 11.2 Å². The second-order valence-electron chi connectivity index (χ2n) is 8.56. The van der Waals surface area contributed by atoms with Crippen molar-refractivity contribution in [1.82, 2.24) is 15.5 Å². The van der Waals surface area contributed by atoms with E-state index in [2.05, 4.69) is 24.5 Å². The van der Waals surface area contributed by atoms with E-state index >= 15 is 0 Å². The molecule has 6 nitrogen and oxygen atoms in total. The molecule has 3 amide bonds. The molecular weight excluding hydrogens is 342 g/mol. The maximum Gasteiger partial charge on any atom is 0.317 e. The van der Waals surface area contributed by atoms with Crippen LogP contribution in [0.3, 0.4) is 0 Å². The molecule has 0 radical (unpaired) electrons. The van der Waals surface area contributed by atoms with E-state index in [0.29, 0.717) is 31.7 Å². The minimum absolute atomic E-state index is 0.0349. The molecule has 0 saturated carbocycles. The second kappa shape index (κ2) is 10.3. The van der Waals surface area contributed by atoms with Crippen LogP contribution in [0.1, 0.15) is 53.0 Å². The summed E-state index contributed by atoms with van der Waals surface area (Å²) in [4.78, 5) is 25.4. The van der Waals surface area contributed by atoms with Gasteiger partial charge in [0.25, 0.3) is 0 Å². The second-order valence-corrected chi connectivity index (χ2v) is 8.56. The Morgan fingerprint density at radius 3 is 2.37 bits per heavy atom. The number of hydrogen-bond acceptors (Lipinski definition) is 3. The average Bonchev–Trinajstić information content (AvgIpc) is 2.56. The molecular formula is C21H35N3O3. The Morgan fingerprint density at radius 1 is 1.22 bits per heavy atom. The van der Waals surface area contributed by atoms with Crippen molar-refractivity contribution in [3.63, 3.8) is 0 Å². The maximum absolute atomic E-state index is 12.7. The van der Waals surface area contributed by atoms with E-state index in [9.17, 15) is 14.7 Å². The fourth-order valence-electron chi connectivity index (χ4n) is 2.68. The quantitative estimate of drug-likeness (QED) is 0.433. The van der Waals surface area contributed by atoms with Crippen molar-refractivity contribution in [2.75, 3.05) is 13.1 Å². The highest BCUT2D eigenvalue weighted by Crippen LogP contribution is 2.16. The molecule has 3 N–H and O–H groups in total. The highest BCUT2D eigenvalue weighted by atomic mass is 16.3. The van der Waals surface area contributed by atoms with E-state index in [-0.39, 0.29) is 18.1 Å². The fourth-order valence-corrected chi connectivity index (χ4v) is 2.68. The van der Waals surface area contributed by atoms with Crippen molar-refractivity contribution in [1.29, 1.82) is 0 Å². The molecule has 1 unspecified atom stereocenters. The van der Waals surface area contributed by atoms with E-state index in [1.165, 1.54) is 0 Å². The Balaban J connectivity index is 2.88. The highest BCUT2D eigenvalue weighted by Gasteiger charge is 2.32. The summed E-state index contributed by atoms with van der Waals surface area (Å²) in [5, 5.41) is 16.5. The third kappa shape index (κ3) is 9.43. The number of nitrogens with one attached hydrogen (secondary N) is 2. The summed E-state index contributed by atoms with van der Waals surface area (Å²) in [6.07, 6.45) is 2.22. The average molecular weight is 378 g/mol. The first kappa shape index (κ1) is 23.0. The number of nitrogens with zero attached hydrogens (tertiary/aromatic N) is 1. The number of aliphatic hydroxyl groups is 1. The predicted molar refractivity (Wildman–Crippen MR) is 108 cm³/mol. The van der Waals surface area contributed by atoms with Gasteiger partial charge in [0, 0.05) is 18.5 Å². The SMILES string of the molecule is CC(C)CCN(CC(O)(CCc1ccccc1)NC=O)C(=O)NC(C)(C)C. The first-order valence-electron chi connectivity index (χ1n) is 9.59. The van der Waals surface area contributed by atoms with Crippen molar-refractivity contribution in [3.8, 4) is 0 Å². The smallest absolute Gasteiger partial charge is 0.317 e. The molecule has 0 bridgehead atoms. The van der Waals surface area contributed by atoms with Crippen LogP contribution < -0.4 is 10.6 Å². The van der Waals surface area contributed by atoms with Crippen molar-refractivity contribution in [2.45, 2.75) is 65.1 Å². The molecule has 1 aromatic carbocycles. The normalized spacial score (nSPS) is 13.7. The molecule has 0 fully saturated rings. The molecule has 0 aliphatic heterocycles. The zero-order valence-corrected chi connectivity index (χ0v) is 17.3. The summed E-state index contributed by atoms with van der Waals surface area (Å²) in [7, 11) is 0. The molecule has 1 rings (SSSR count). The molecule has 0 heterocycles. The van der Waals surface area contributed by atoms with Crippen LogP contribution in [0.5, 0.6) is 0 Å². The van der Waals surface area contributed by atoms with Gasteiger partial charge in [-0.05, 0) is 45.1 Å². The first-order valence-corrected chi connectivity index (χ1v) is 9.59. The topological polar surface area (TPSA) is 81.7 Å². The predicted octanol–water partition coefficient (Wildman–Crippen LogP) is 2.91. The van der Waals surface area contributed by atoms with Gasteiger partial charge in [-0.25, -0.2) is 4.79 Å². The molecule has 0 saturated heterocycles. The largest absolute Gasteiger partial charge is 0.369 e. The van der Waals surface area contributed by atoms with Gasteiger partial charge < -0.3 is 20.6 Å². The van der Waals surface area contributed by atoms with Crippen molar-refractivity contribution >= 4 is 12.4 Å². The Labute approximate surface area is 163 Å². The number of rotatable bonds is 10. The molecule has 0 aliphatic carbocycles. The zero-order chi connectivity index (χ0) is 20.5. The zero-order valence-electron chi connectivity index (χ0n) is 17.3. The lowest BCUT2D eigenvalue weighted by Gasteiger charge is -2.36. The summed E-state index contributed by atoms with van der Waals surface area (Å²) in [6.45, 7) is 10.5. The van der Waals surface area contributed by atoms with Crippen LogP contribution in [0.25, 0.3) is 0 Å².